The molecular weight excluding hydrogens is 246 g/mol. The van der Waals surface area contributed by atoms with Gasteiger partial charge in [0.2, 0.25) is 5.91 Å². The van der Waals surface area contributed by atoms with E-state index >= 15 is 0 Å². The lowest BCUT2D eigenvalue weighted by molar-refractivity contribution is -0.384. The summed E-state index contributed by atoms with van der Waals surface area (Å²) in [4.78, 5) is 21.6. The number of nitrogens with zero attached hydrogens (tertiary/aromatic N) is 1. The van der Waals surface area contributed by atoms with E-state index in [1.807, 2.05) is 13.8 Å². The molecule has 0 bridgehead atoms. The molecule has 1 atom stereocenters. The van der Waals surface area contributed by atoms with Crippen LogP contribution in [0.25, 0.3) is 0 Å². The highest BCUT2D eigenvalue weighted by Gasteiger charge is 2.16. The fourth-order valence-electron chi connectivity index (χ4n) is 1.53. The minimum atomic E-state index is -0.503. The molecule has 1 aromatic rings. The molecule has 0 aromatic heterocycles. The number of hydrogen-bond acceptors (Lipinski definition) is 4. The van der Waals surface area contributed by atoms with Gasteiger partial charge in [0, 0.05) is 18.7 Å². The predicted molar refractivity (Wildman–Crippen MR) is 72.6 cm³/mol. The molecule has 1 aromatic carbocycles. The van der Waals surface area contributed by atoms with Gasteiger partial charge in [0.1, 0.15) is 0 Å². The standard InChI is InChI=1S/C13H19N3O3/c1-9(2)12(14)13(17)15-8-7-10-3-5-11(6-4-10)16(18)19/h3-6,9,12H,7-8,14H2,1-2H3,(H,15,17). The highest BCUT2D eigenvalue weighted by Crippen LogP contribution is 2.11. The molecule has 0 fully saturated rings. The maximum absolute atomic E-state index is 11.6. The van der Waals surface area contributed by atoms with Gasteiger partial charge in [0.25, 0.3) is 5.69 Å². The number of benzene rings is 1. The predicted octanol–water partition coefficient (Wildman–Crippen LogP) is 1.24. The average Bonchev–Trinajstić information content (AvgIpc) is 2.38. The number of hydrogen-bond donors (Lipinski definition) is 2. The molecule has 6 heteroatoms. The molecule has 0 saturated heterocycles. The topological polar surface area (TPSA) is 98.3 Å². The maximum atomic E-state index is 11.6. The molecular formula is C13H19N3O3. The van der Waals surface area contributed by atoms with Gasteiger partial charge in [-0.15, -0.1) is 0 Å². The lowest BCUT2D eigenvalue weighted by atomic mass is 10.0. The summed E-state index contributed by atoms with van der Waals surface area (Å²) >= 11 is 0. The fraction of sp³-hybridized carbons (Fsp3) is 0.462. The van der Waals surface area contributed by atoms with Crippen molar-refractivity contribution in [2.45, 2.75) is 26.3 Å². The zero-order chi connectivity index (χ0) is 14.4. The zero-order valence-electron chi connectivity index (χ0n) is 11.1. The van der Waals surface area contributed by atoms with Crippen molar-refractivity contribution < 1.29 is 9.72 Å². The SMILES string of the molecule is CC(C)C(N)C(=O)NCCc1ccc([N+](=O)[O-])cc1. The van der Waals surface area contributed by atoms with Crippen LogP contribution in [0.15, 0.2) is 24.3 Å². The Balaban J connectivity index is 2.41. The van der Waals surface area contributed by atoms with Crippen LogP contribution in [0.2, 0.25) is 0 Å². The van der Waals surface area contributed by atoms with Crippen LogP contribution in [0.3, 0.4) is 0 Å². The van der Waals surface area contributed by atoms with Crippen molar-refractivity contribution >= 4 is 11.6 Å². The van der Waals surface area contributed by atoms with Gasteiger partial charge in [-0.3, -0.25) is 14.9 Å². The molecule has 3 N–H and O–H groups in total. The lowest BCUT2D eigenvalue weighted by Gasteiger charge is -2.15. The van der Waals surface area contributed by atoms with E-state index in [1.54, 1.807) is 12.1 Å². The number of nitro groups is 1. The van der Waals surface area contributed by atoms with Crippen LogP contribution in [0.4, 0.5) is 5.69 Å². The summed E-state index contributed by atoms with van der Waals surface area (Å²) in [7, 11) is 0. The molecule has 1 amide bonds. The molecule has 0 heterocycles. The number of carbonyl (C=O) groups excluding carboxylic acids is 1. The number of non-ortho nitro benzene ring substituents is 1. The van der Waals surface area contributed by atoms with Crippen LogP contribution in [-0.4, -0.2) is 23.4 Å². The van der Waals surface area contributed by atoms with Crippen LogP contribution in [0, 0.1) is 16.0 Å². The molecule has 0 aliphatic rings. The van der Waals surface area contributed by atoms with Crippen molar-refractivity contribution in [3.8, 4) is 0 Å². The molecule has 19 heavy (non-hydrogen) atoms. The van der Waals surface area contributed by atoms with Crippen LogP contribution in [0.5, 0.6) is 0 Å². The molecule has 0 aliphatic carbocycles. The summed E-state index contributed by atoms with van der Waals surface area (Å²) < 4.78 is 0. The first-order valence-corrected chi connectivity index (χ1v) is 6.18. The van der Waals surface area contributed by atoms with Crippen LogP contribution in [0.1, 0.15) is 19.4 Å². The normalized spacial score (nSPS) is 12.2. The van der Waals surface area contributed by atoms with Crippen molar-refractivity contribution in [1.82, 2.24) is 5.32 Å². The first-order valence-electron chi connectivity index (χ1n) is 6.18. The second-order valence-electron chi connectivity index (χ2n) is 4.73. The van der Waals surface area contributed by atoms with Gasteiger partial charge in [0.05, 0.1) is 11.0 Å². The molecule has 0 spiro atoms. The second kappa shape index (κ2) is 6.84. The Kier molecular flexibility index (Phi) is 5.44. The summed E-state index contributed by atoms with van der Waals surface area (Å²) in [6.45, 7) is 4.25. The van der Waals surface area contributed by atoms with E-state index < -0.39 is 11.0 Å². The number of carbonyl (C=O) groups is 1. The summed E-state index contributed by atoms with van der Waals surface area (Å²) in [5.74, 6) is -0.0729. The van der Waals surface area contributed by atoms with Crippen LogP contribution < -0.4 is 11.1 Å². The lowest BCUT2D eigenvalue weighted by Crippen LogP contribution is -2.44. The van der Waals surface area contributed by atoms with E-state index in [0.717, 1.165) is 5.56 Å². The molecule has 0 aliphatic heterocycles. The zero-order valence-corrected chi connectivity index (χ0v) is 11.1. The van der Waals surface area contributed by atoms with E-state index in [-0.39, 0.29) is 17.5 Å². The Morgan fingerprint density at radius 3 is 2.42 bits per heavy atom. The average molecular weight is 265 g/mol. The summed E-state index contributed by atoms with van der Waals surface area (Å²) in [5.41, 5.74) is 6.70. The second-order valence-corrected chi connectivity index (χ2v) is 4.73. The Bertz CT molecular complexity index is 443. The number of nitrogens with two attached hydrogens (primary N) is 1. The van der Waals surface area contributed by atoms with Gasteiger partial charge >= 0.3 is 0 Å². The Labute approximate surface area is 112 Å². The highest BCUT2D eigenvalue weighted by atomic mass is 16.6. The first kappa shape index (κ1) is 15.1. The van der Waals surface area contributed by atoms with Gasteiger partial charge < -0.3 is 11.1 Å². The summed E-state index contributed by atoms with van der Waals surface area (Å²) in [6, 6.07) is 5.78. The van der Waals surface area contributed by atoms with E-state index in [0.29, 0.717) is 13.0 Å². The molecule has 1 unspecified atom stereocenters. The monoisotopic (exact) mass is 265 g/mol. The third kappa shape index (κ3) is 4.67. The largest absolute Gasteiger partial charge is 0.354 e. The number of rotatable bonds is 6. The maximum Gasteiger partial charge on any atom is 0.269 e. The van der Waals surface area contributed by atoms with Gasteiger partial charge in [-0.25, -0.2) is 0 Å². The van der Waals surface area contributed by atoms with Crippen molar-refractivity contribution in [2.24, 2.45) is 11.7 Å². The Hall–Kier alpha value is -1.95. The van der Waals surface area contributed by atoms with Gasteiger partial charge in [0.15, 0.2) is 0 Å². The van der Waals surface area contributed by atoms with Crippen molar-refractivity contribution in [3.05, 3.63) is 39.9 Å². The minimum Gasteiger partial charge on any atom is -0.354 e. The minimum absolute atomic E-state index is 0.0645. The van der Waals surface area contributed by atoms with Gasteiger partial charge in [-0.05, 0) is 17.9 Å². The number of nitro benzene ring substituents is 1. The number of nitrogens with one attached hydrogen (secondary N) is 1. The quantitative estimate of drug-likeness (QED) is 0.597. The Morgan fingerprint density at radius 2 is 1.95 bits per heavy atom. The van der Waals surface area contributed by atoms with Gasteiger partial charge in [-0.2, -0.15) is 0 Å². The van der Waals surface area contributed by atoms with Crippen molar-refractivity contribution in [1.29, 1.82) is 0 Å². The van der Waals surface area contributed by atoms with E-state index in [1.165, 1.54) is 12.1 Å². The smallest absolute Gasteiger partial charge is 0.269 e. The van der Waals surface area contributed by atoms with E-state index in [2.05, 4.69) is 5.32 Å². The molecule has 0 saturated carbocycles. The highest BCUT2D eigenvalue weighted by molar-refractivity contribution is 5.81. The van der Waals surface area contributed by atoms with Crippen LogP contribution >= 0.6 is 0 Å². The Morgan fingerprint density at radius 1 is 1.37 bits per heavy atom. The summed E-state index contributed by atoms with van der Waals surface area (Å²) in [5, 5.41) is 13.2. The first-order chi connectivity index (χ1) is 8.91. The molecule has 6 nitrogen and oxygen atoms in total. The van der Waals surface area contributed by atoms with Crippen LogP contribution in [-0.2, 0) is 11.2 Å². The number of amides is 1. The van der Waals surface area contributed by atoms with E-state index in [9.17, 15) is 14.9 Å². The fourth-order valence-corrected chi connectivity index (χ4v) is 1.53. The van der Waals surface area contributed by atoms with Crippen molar-refractivity contribution in [3.63, 3.8) is 0 Å². The summed E-state index contributed by atoms with van der Waals surface area (Å²) in [6.07, 6.45) is 0.620. The molecule has 1 rings (SSSR count). The molecule has 0 radical (unpaired) electrons. The molecule has 104 valence electrons. The third-order valence-electron chi connectivity index (χ3n) is 2.88. The van der Waals surface area contributed by atoms with E-state index in [4.69, 9.17) is 5.73 Å². The third-order valence-corrected chi connectivity index (χ3v) is 2.88. The van der Waals surface area contributed by atoms with Gasteiger partial charge in [-0.1, -0.05) is 26.0 Å². The van der Waals surface area contributed by atoms with Crippen molar-refractivity contribution in [2.75, 3.05) is 6.54 Å².